The molecule has 0 saturated heterocycles. The van der Waals surface area contributed by atoms with Gasteiger partial charge in [-0.3, -0.25) is 0 Å². The Morgan fingerprint density at radius 1 is 1.18 bits per heavy atom. The number of nitrogens with zero attached hydrogens (tertiary/aromatic N) is 3. The summed E-state index contributed by atoms with van der Waals surface area (Å²) in [6.45, 7) is 0. The molecule has 0 spiro atoms. The van der Waals surface area contributed by atoms with Crippen LogP contribution < -0.4 is 4.74 Å². The van der Waals surface area contributed by atoms with Crippen LogP contribution in [0.2, 0.25) is 0 Å². The summed E-state index contributed by atoms with van der Waals surface area (Å²) in [5, 5.41) is 8.72. The number of nitriles is 1. The first-order valence-electron chi connectivity index (χ1n) is 4.54. The van der Waals surface area contributed by atoms with Crippen LogP contribution in [0.1, 0.15) is 5.69 Å². The third kappa shape index (κ3) is 2.34. The Morgan fingerprint density at radius 3 is 2.71 bits per heavy atom. The molecule has 1 aromatic carbocycles. The molecular weight excluding hydrogens is 228 g/mol. The van der Waals surface area contributed by atoms with Crippen LogP contribution in [0.4, 0.5) is 8.78 Å². The lowest BCUT2D eigenvalue weighted by molar-refractivity contribution is 0.419. The Labute approximate surface area is 95.1 Å². The molecule has 2 aromatic rings. The summed E-state index contributed by atoms with van der Waals surface area (Å²) in [7, 11) is 0. The van der Waals surface area contributed by atoms with Crippen molar-refractivity contribution in [2.24, 2.45) is 0 Å². The molecule has 84 valence electrons. The number of halogens is 2. The smallest absolute Gasteiger partial charge is 0.256 e. The average molecular weight is 233 g/mol. The number of benzene rings is 1. The van der Waals surface area contributed by atoms with E-state index in [-0.39, 0.29) is 17.3 Å². The lowest BCUT2D eigenvalue weighted by atomic mass is 10.3. The Morgan fingerprint density at radius 2 is 1.94 bits per heavy atom. The van der Waals surface area contributed by atoms with Gasteiger partial charge in [0.1, 0.15) is 11.9 Å². The quantitative estimate of drug-likeness (QED) is 0.799. The van der Waals surface area contributed by atoms with Gasteiger partial charge in [-0.2, -0.15) is 5.26 Å². The zero-order valence-corrected chi connectivity index (χ0v) is 8.39. The van der Waals surface area contributed by atoms with Crippen LogP contribution in [0.15, 0.2) is 30.6 Å². The van der Waals surface area contributed by atoms with Crippen LogP contribution in [0.3, 0.4) is 0 Å². The predicted octanol–water partition coefficient (Wildman–Crippen LogP) is 2.42. The lowest BCUT2D eigenvalue weighted by Gasteiger charge is -2.05. The van der Waals surface area contributed by atoms with Crippen molar-refractivity contribution in [2.75, 3.05) is 0 Å². The Kier molecular flexibility index (Phi) is 2.92. The summed E-state index contributed by atoms with van der Waals surface area (Å²) >= 11 is 0. The van der Waals surface area contributed by atoms with Gasteiger partial charge >= 0.3 is 0 Å². The van der Waals surface area contributed by atoms with E-state index in [1.165, 1.54) is 12.4 Å². The molecule has 1 aromatic heterocycles. The van der Waals surface area contributed by atoms with Gasteiger partial charge in [0.15, 0.2) is 11.6 Å². The molecular formula is C11H5F2N3O. The summed E-state index contributed by atoms with van der Waals surface area (Å²) in [5.41, 5.74) is -0.101. The molecule has 17 heavy (non-hydrogen) atoms. The highest BCUT2D eigenvalue weighted by Crippen LogP contribution is 2.24. The number of hydrogen-bond donors (Lipinski definition) is 0. The Bertz CT molecular complexity index is 596. The van der Waals surface area contributed by atoms with Crippen LogP contribution in [0.25, 0.3) is 0 Å². The van der Waals surface area contributed by atoms with Crippen molar-refractivity contribution in [3.63, 3.8) is 0 Å². The molecule has 0 amide bonds. The molecule has 1 heterocycles. The van der Waals surface area contributed by atoms with Gasteiger partial charge in [0.25, 0.3) is 5.88 Å². The molecule has 0 aliphatic heterocycles. The second-order valence-electron chi connectivity index (χ2n) is 3.00. The van der Waals surface area contributed by atoms with Crippen LogP contribution in [0.5, 0.6) is 11.6 Å². The van der Waals surface area contributed by atoms with E-state index in [1.54, 1.807) is 6.07 Å². The van der Waals surface area contributed by atoms with E-state index < -0.39 is 11.6 Å². The zero-order valence-electron chi connectivity index (χ0n) is 8.39. The van der Waals surface area contributed by atoms with Crippen molar-refractivity contribution in [1.29, 1.82) is 5.26 Å². The molecule has 0 N–H and O–H groups in total. The minimum absolute atomic E-state index is 0.101. The molecule has 0 atom stereocenters. The predicted molar refractivity (Wildman–Crippen MR) is 53.2 cm³/mol. The minimum atomic E-state index is -0.749. The standard InChI is InChI=1S/C11H5F2N3O/c12-7-1-2-8(13)10(5-7)17-11-9(6-14)15-3-4-16-11/h1-5H. The molecule has 0 aliphatic carbocycles. The minimum Gasteiger partial charge on any atom is -0.433 e. The maximum absolute atomic E-state index is 13.3. The molecule has 0 unspecified atom stereocenters. The van der Waals surface area contributed by atoms with Crippen molar-refractivity contribution in [1.82, 2.24) is 9.97 Å². The molecule has 6 heteroatoms. The SMILES string of the molecule is N#Cc1nccnc1Oc1cc(F)ccc1F. The van der Waals surface area contributed by atoms with E-state index in [9.17, 15) is 8.78 Å². The number of hydrogen-bond acceptors (Lipinski definition) is 4. The fourth-order valence-electron chi connectivity index (χ4n) is 1.14. The molecule has 0 saturated carbocycles. The van der Waals surface area contributed by atoms with Crippen LogP contribution in [-0.4, -0.2) is 9.97 Å². The van der Waals surface area contributed by atoms with E-state index in [0.717, 1.165) is 18.2 Å². The second kappa shape index (κ2) is 4.53. The molecule has 4 nitrogen and oxygen atoms in total. The fraction of sp³-hybridized carbons (Fsp3) is 0. The Balaban J connectivity index is 2.38. The molecule has 2 rings (SSSR count). The summed E-state index contributed by atoms with van der Waals surface area (Å²) in [4.78, 5) is 7.40. The van der Waals surface area contributed by atoms with Gasteiger partial charge in [0, 0.05) is 18.5 Å². The van der Waals surface area contributed by atoms with E-state index in [4.69, 9.17) is 10.00 Å². The van der Waals surface area contributed by atoms with Crippen molar-refractivity contribution in [2.45, 2.75) is 0 Å². The summed E-state index contributed by atoms with van der Waals surface area (Å²) in [5.74, 6) is -1.91. The topological polar surface area (TPSA) is 58.8 Å². The van der Waals surface area contributed by atoms with Crippen molar-refractivity contribution < 1.29 is 13.5 Å². The van der Waals surface area contributed by atoms with Gasteiger partial charge in [-0.25, -0.2) is 18.7 Å². The maximum Gasteiger partial charge on any atom is 0.256 e. The van der Waals surface area contributed by atoms with Gasteiger partial charge in [0.2, 0.25) is 5.69 Å². The van der Waals surface area contributed by atoms with Gasteiger partial charge < -0.3 is 4.74 Å². The van der Waals surface area contributed by atoms with Gasteiger partial charge in [-0.1, -0.05) is 0 Å². The number of aromatic nitrogens is 2. The zero-order chi connectivity index (χ0) is 12.3. The van der Waals surface area contributed by atoms with Crippen molar-refractivity contribution >= 4 is 0 Å². The van der Waals surface area contributed by atoms with E-state index >= 15 is 0 Å². The first kappa shape index (κ1) is 11.0. The van der Waals surface area contributed by atoms with Crippen LogP contribution in [-0.2, 0) is 0 Å². The first-order valence-corrected chi connectivity index (χ1v) is 4.54. The van der Waals surface area contributed by atoms with Gasteiger partial charge in [-0.15, -0.1) is 0 Å². The van der Waals surface area contributed by atoms with Crippen molar-refractivity contribution in [3.05, 3.63) is 47.9 Å². The average Bonchev–Trinajstić information content (AvgIpc) is 2.34. The normalized spacial score (nSPS) is 9.71. The first-order chi connectivity index (χ1) is 8.20. The molecule has 0 fully saturated rings. The maximum atomic E-state index is 13.3. The summed E-state index contributed by atoms with van der Waals surface area (Å²) in [6.07, 6.45) is 2.58. The molecule has 0 radical (unpaired) electrons. The highest BCUT2D eigenvalue weighted by atomic mass is 19.1. The van der Waals surface area contributed by atoms with E-state index in [1.807, 2.05) is 0 Å². The van der Waals surface area contributed by atoms with Gasteiger partial charge in [0.05, 0.1) is 0 Å². The molecule has 0 bridgehead atoms. The van der Waals surface area contributed by atoms with Gasteiger partial charge in [-0.05, 0) is 12.1 Å². The molecule has 0 aliphatic rings. The summed E-state index contributed by atoms with van der Waals surface area (Å²) in [6, 6.07) is 4.49. The van der Waals surface area contributed by atoms with E-state index in [0.29, 0.717) is 0 Å². The largest absolute Gasteiger partial charge is 0.433 e. The highest BCUT2D eigenvalue weighted by Gasteiger charge is 2.11. The van der Waals surface area contributed by atoms with Crippen molar-refractivity contribution in [3.8, 4) is 17.7 Å². The highest BCUT2D eigenvalue weighted by molar-refractivity contribution is 5.35. The monoisotopic (exact) mass is 233 g/mol. The Hall–Kier alpha value is -2.55. The summed E-state index contributed by atoms with van der Waals surface area (Å²) < 4.78 is 31.2. The number of rotatable bonds is 2. The van der Waals surface area contributed by atoms with Crippen LogP contribution in [0, 0.1) is 23.0 Å². The van der Waals surface area contributed by atoms with Crippen LogP contribution >= 0.6 is 0 Å². The van der Waals surface area contributed by atoms with E-state index in [2.05, 4.69) is 9.97 Å². The fourth-order valence-corrected chi connectivity index (χ4v) is 1.14. The number of ether oxygens (including phenoxy) is 1. The third-order valence-electron chi connectivity index (χ3n) is 1.87. The lowest BCUT2D eigenvalue weighted by Crippen LogP contribution is -1.96. The second-order valence-corrected chi connectivity index (χ2v) is 3.00. The third-order valence-corrected chi connectivity index (χ3v) is 1.87.